The van der Waals surface area contributed by atoms with Crippen LogP contribution in [-0.2, 0) is 0 Å². The molecule has 0 aromatic carbocycles. The molecule has 1 aliphatic heterocycles. The molecule has 15 heavy (non-hydrogen) atoms. The van der Waals surface area contributed by atoms with E-state index >= 15 is 0 Å². The molecule has 0 saturated carbocycles. The molecule has 5 nitrogen and oxygen atoms in total. The summed E-state index contributed by atoms with van der Waals surface area (Å²) in [4.78, 5) is 10.9. The van der Waals surface area contributed by atoms with Crippen LogP contribution in [0.2, 0.25) is 0 Å². The van der Waals surface area contributed by atoms with E-state index in [-0.39, 0.29) is 6.04 Å². The van der Waals surface area contributed by atoms with Gasteiger partial charge in [-0.2, -0.15) is 0 Å². The number of hydrogen-bond acceptors (Lipinski definition) is 5. The highest BCUT2D eigenvalue weighted by Gasteiger charge is 2.19. The van der Waals surface area contributed by atoms with Gasteiger partial charge < -0.3 is 11.1 Å². The molecule has 0 amide bonds. The zero-order valence-corrected chi connectivity index (χ0v) is 8.98. The first-order chi connectivity index (χ1) is 7.27. The van der Waals surface area contributed by atoms with Crippen molar-refractivity contribution >= 4 is 5.82 Å². The van der Waals surface area contributed by atoms with E-state index in [1.54, 1.807) is 12.3 Å². The molecule has 82 valence electrons. The van der Waals surface area contributed by atoms with Crippen LogP contribution in [0.1, 0.15) is 18.8 Å². The highest BCUT2D eigenvalue weighted by atomic mass is 15.2. The zero-order chi connectivity index (χ0) is 10.7. The molecule has 1 fully saturated rings. The summed E-state index contributed by atoms with van der Waals surface area (Å²) in [7, 11) is 0. The van der Waals surface area contributed by atoms with E-state index < -0.39 is 0 Å². The summed E-state index contributed by atoms with van der Waals surface area (Å²) in [5.41, 5.74) is 5.64. The predicted octanol–water partition coefficient (Wildman–Crippen LogP) is 0.0250. The number of rotatable bonds is 2. The van der Waals surface area contributed by atoms with E-state index in [0.717, 1.165) is 32.0 Å². The van der Waals surface area contributed by atoms with Gasteiger partial charge in [0.15, 0.2) is 0 Å². The lowest BCUT2D eigenvalue weighted by molar-refractivity contribution is 0.179. The first kappa shape index (κ1) is 10.3. The lowest BCUT2D eigenvalue weighted by Gasteiger charge is -2.31. The van der Waals surface area contributed by atoms with Gasteiger partial charge in [-0.25, -0.2) is 9.97 Å². The van der Waals surface area contributed by atoms with E-state index in [4.69, 9.17) is 5.73 Å². The van der Waals surface area contributed by atoms with Crippen molar-refractivity contribution in [2.45, 2.75) is 13.0 Å². The van der Waals surface area contributed by atoms with E-state index in [0.29, 0.717) is 5.82 Å². The lowest BCUT2D eigenvalue weighted by Crippen LogP contribution is -2.44. The molecular formula is C10H17N5. The van der Waals surface area contributed by atoms with Crippen LogP contribution >= 0.6 is 0 Å². The molecule has 1 saturated heterocycles. The summed E-state index contributed by atoms with van der Waals surface area (Å²) in [6.45, 7) is 6.28. The van der Waals surface area contributed by atoms with Gasteiger partial charge in [0.2, 0.25) is 0 Å². The van der Waals surface area contributed by atoms with Crippen LogP contribution in [0.3, 0.4) is 0 Å². The largest absolute Gasteiger partial charge is 0.384 e. The maximum atomic E-state index is 5.64. The van der Waals surface area contributed by atoms with Gasteiger partial charge in [0.25, 0.3) is 0 Å². The van der Waals surface area contributed by atoms with Gasteiger partial charge in [-0.15, -0.1) is 0 Å². The van der Waals surface area contributed by atoms with Crippen molar-refractivity contribution in [2.75, 3.05) is 31.9 Å². The molecule has 0 spiro atoms. The number of aromatic nitrogens is 2. The third kappa shape index (κ3) is 2.43. The SMILES string of the molecule is CC(c1nccc(N)n1)N1CCNCC1. The van der Waals surface area contributed by atoms with Crippen LogP contribution in [0.15, 0.2) is 12.3 Å². The average molecular weight is 207 g/mol. The van der Waals surface area contributed by atoms with Crippen LogP contribution in [0.4, 0.5) is 5.82 Å². The maximum absolute atomic E-state index is 5.64. The smallest absolute Gasteiger partial charge is 0.147 e. The molecule has 1 aliphatic rings. The molecule has 1 aromatic rings. The van der Waals surface area contributed by atoms with Crippen LogP contribution in [0.5, 0.6) is 0 Å². The second kappa shape index (κ2) is 4.55. The zero-order valence-electron chi connectivity index (χ0n) is 8.98. The Bertz CT molecular complexity index is 321. The van der Waals surface area contributed by atoms with Crippen molar-refractivity contribution in [3.63, 3.8) is 0 Å². The molecule has 2 rings (SSSR count). The van der Waals surface area contributed by atoms with E-state index in [1.807, 2.05) is 0 Å². The standard InChI is InChI=1S/C10H17N5/c1-8(15-6-4-12-5-7-15)10-13-3-2-9(11)14-10/h2-3,8,12H,4-7H2,1H3,(H2,11,13,14). The van der Waals surface area contributed by atoms with Gasteiger partial charge in [0.1, 0.15) is 11.6 Å². The quantitative estimate of drug-likeness (QED) is 0.716. The van der Waals surface area contributed by atoms with Crippen LogP contribution in [0, 0.1) is 0 Å². The highest BCUT2D eigenvalue weighted by molar-refractivity contribution is 5.25. The second-order valence-electron chi connectivity index (χ2n) is 3.80. The molecule has 2 heterocycles. The first-order valence-electron chi connectivity index (χ1n) is 5.30. The number of nitrogens with two attached hydrogens (primary N) is 1. The van der Waals surface area contributed by atoms with Crippen molar-refractivity contribution in [2.24, 2.45) is 0 Å². The number of hydrogen-bond donors (Lipinski definition) is 2. The first-order valence-corrected chi connectivity index (χ1v) is 5.30. The summed E-state index contributed by atoms with van der Waals surface area (Å²) in [6.07, 6.45) is 1.72. The second-order valence-corrected chi connectivity index (χ2v) is 3.80. The van der Waals surface area contributed by atoms with Gasteiger partial charge >= 0.3 is 0 Å². The summed E-state index contributed by atoms with van der Waals surface area (Å²) in [5, 5.41) is 3.33. The lowest BCUT2D eigenvalue weighted by atomic mass is 10.2. The number of nitrogens with one attached hydrogen (secondary N) is 1. The van der Waals surface area contributed by atoms with Gasteiger partial charge in [-0.3, -0.25) is 4.90 Å². The third-order valence-electron chi connectivity index (χ3n) is 2.77. The molecule has 0 aliphatic carbocycles. The molecule has 1 atom stereocenters. The Hall–Kier alpha value is -1.20. The van der Waals surface area contributed by atoms with Gasteiger partial charge in [0.05, 0.1) is 6.04 Å². The van der Waals surface area contributed by atoms with E-state index in [9.17, 15) is 0 Å². The fourth-order valence-electron chi connectivity index (χ4n) is 1.82. The van der Waals surface area contributed by atoms with Gasteiger partial charge in [-0.1, -0.05) is 0 Å². The van der Waals surface area contributed by atoms with Crippen molar-refractivity contribution in [1.82, 2.24) is 20.2 Å². The van der Waals surface area contributed by atoms with Crippen LogP contribution in [0.25, 0.3) is 0 Å². The van der Waals surface area contributed by atoms with E-state index in [2.05, 4.69) is 27.1 Å². The minimum Gasteiger partial charge on any atom is -0.384 e. The normalized spacial score (nSPS) is 20.1. The summed E-state index contributed by atoms with van der Waals surface area (Å²) in [5.74, 6) is 1.36. The Morgan fingerprint density at radius 2 is 2.20 bits per heavy atom. The number of nitrogens with zero attached hydrogens (tertiary/aromatic N) is 3. The number of nitrogen functional groups attached to an aromatic ring is 1. The minimum absolute atomic E-state index is 0.246. The summed E-state index contributed by atoms with van der Waals surface area (Å²) >= 11 is 0. The van der Waals surface area contributed by atoms with Crippen molar-refractivity contribution in [1.29, 1.82) is 0 Å². The van der Waals surface area contributed by atoms with Crippen LogP contribution in [-0.4, -0.2) is 41.0 Å². The molecule has 3 N–H and O–H groups in total. The fraction of sp³-hybridized carbons (Fsp3) is 0.600. The van der Waals surface area contributed by atoms with Crippen molar-refractivity contribution in [3.05, 3.63) is 18.1 Å². The predicted molar refractivity (Wildman–Crippen MR) is 59.3 cm³/mol. The summed E-state index contributed by atoms with van der Waals surface area (Å²) < 4.78 is 0. The Kier molecular flexibility index (Phi) is 3.13. The van der Waals surface area contributed by atoms with Crippen molar-refractivity contribution in [3.8, 4) is 0 Å². The molecular weight excluding hydrogens is 190 g/mol. The topological polar surface area (TPSA) is 67.1 Å². The number of anilines is 1. The third-order valence-corrected chi connectivity index (χ3v) is 2.77. The van der Waals surface area contributed by atoms with Crippen LogP contribution < -0.4 is 11.1 Å². The molecule has 0 bridgehead atoms. The molecule has 5 heteroatoms. The maximum Gasteiger partial charge on any atom is 0.147 e. The van der Waals surface area contributed by atoms with Gasteiger partial charge in [-0.05, 0) is 13.0 Å². The van der Waals surface area contributed by atoms with E-state index in [1.165, 1.54) is 0 Å². The minimum atomic E-state index is 0.246. The molecule has 1 unspecified atom stereocenters. The Morgan fingerprint density at radius 1 is 1.47 bits per heavy atom. The highest BCUT2D eigenvalue weighted by Crippen LogP contribution is 2.16. The van der Waals surface area contributed by atoms with Gasteiger partial charge in [0, 0.05) is 32.4 Å². The molecule has 1 aromatic heterocycles. The average Bonchev–Trinajstić information content (AvgIpc) is 2.29. The molecule has 0 radical (unpaired) electrons. The number of piperazine rings is 1. The Labute approximate surface area is 89.7 Å². The fourth-order valence-corrected chi connectivity index (χ4v) is 1.82. The Balaban J connectivity index is 2.08. The summed E-state index contributed by atoms with van der Waals surface area (Å²) in [6, 6.07) is 1.96. The van der Waals surface area contributed by atoms with Crippen molar-refractivity contribution < 1.29 is 0 Å². The Morgan fingerprint density at radius 3 is 2.87 bits per heavy atom. The monoisotopic (exact) mass is 207 g/mol.